The summed E-state index contributed by atoms with van der Waals surface area (Å²) in [5.74, 6) is -1.08. The number of nitrogens with one attached hydrogen (secondary N) is 1. The van der Waals surface area contributed by atoms with E-state index in [1.54, 1.807) is 24.3 Å². The summed E-state index contributed by atoms with van der Waals surface area (Å²) in [6.07, 6.45) is 2.69. The lowest BCUT2D eigenvalue weighted by molar-refractivity contribution is 0.0597. The minimum absolute atomic E-state index is 0.160. The topological polar surface area (TPSA) is 92.8 Å². The standard InChI is InChI=1S/C19H20N2O5S/c1-26-19(23)16-8-4-3-7-15(16)18(22)20-14-10-9-13-6-5-11-21(17(13)12-14)27(2,24)25/h3-4,7-10,12H,5-6,11H2,1-2H3,(H,20,22). The van der Waals surface area contributed by atoms with Gasteiger partial charge in [0, 0.05) is 12.2 Å². The molecule has 0 saturated carbocycles. The van der Waals surface area contributed by atoms with Crippen molar-refractivity contribution in [2.75, 3.05) is 29.5 Å². The van der Waals surface area contributed by atoms with Crippen LogP contribution < -0.4 is 9.62 Å². The molecule has 2 aromatic carbocycles. The Kier molecular flexibility index (Phi) is 5.18. The molecule has 0 unspecified atom stereocenters. The zero-order valence-electron chi connectivity index (χ0n) is 15.1. The van der Waals surface area contributed by atoms with Crippen LogP contribution in [0.5, 0.6) is 0 Å². The van der Waals surface area contributed by atoms with E-state index in [1.165, 1.54) is 29.8 Å². The molecule has 0 radical (unpaired) electrons. The number of ether oxygens (including phenoxy) is 1. The van der Waals surface area contributed by atoms with Gasteiger partial charge in [-0.15, -0.1) is 0 Å². The van der Waals surface area contributed by atoms with Gasteiger partial charge in [0.05, 0.1) is 30.2 Å². The second-order valence-electron chi connectivity index (χ2n) is 6.27. The first-order valence-corrected chi connectivity index (χ1v) is 10.3. The Bertz CT molecular complexity index is 1000. The first-order valence-electron chi connectivity index (χ1n) is 8.40. The number of carbonyl (C=O) groups is 2. The van der Waals surface area contributed by atoms with Crippen LogP contribution >= 0.6 is 0 Å². The predicted molar refractivity (Wildman–Crippen MR) is 103 cm³/mol. The molecule has 0 fully saturated rings. The van der Waals surface area contributed by atoms with Crippen molar-refractivity contribution >= 4 is 33.3 Å². The van der Waals surface area contributed by atoms with Crippen LogP contribution in [0.4, 0.5) is 11.4 Å². The molecule has 2 aromatic rings. The maximum Gasteiger partial charge on any atom is 0.338 e. The SMILES string of the molecule is COC(=O)c1ccccc1C(=O)Nc1ccc2c(c1)N(S(C)(=O)=O)CCC2. The molecule has 0 aliphatic carbocycles. The number of nitrogens with zero attached hydrogens (tertiary/aromatic N) is 1. The molecule has 1 N–H and O–H groups in total. The number of anilines is 2. The average molecular weight is 388 g/mol. The minimum atomic E-state index is -3.40. The van der Waals surface area contributed by atoms with Crippen LogP contribution in [0.25, 0.3) is 0 Å². The summed E-state index contributed by atoms with van der Waals surface area (Å²) in [4.78, 5) is 24.5. The number of benzene rings is 2. The van der Waals surface area contributed by atoms with Crippen molar-refractivity contribution in [1.29, 1.82) is 0 Å². The average Bonchev–Trinajstić information content (AvgIpc) is 2.66. The third-order valence-corrected chi connectivity index (χ3v) is 5.58. The number of rotatable bonds is 4. The van der Waals surface area contributed by atoms with Gasteiger partial charge in [-0.05, 0) is 42.7 Å². The van der Waals surface area contributed by atoms with E-state index in [0.717, 1.165) is 18.4 Å². The van der Waals surface area contributed by atoms with Crippen LogP contribution in [0.15, 0.2) is 42.5 Å². The lowest BCUT2D eigenvalue weighted by Gasteiger charge is -2.29. The fourth-order valence-electron chi connectivity index (χ4n) is 3.13. The van der Waals surface area contributed by atoms with Gasteiger partial charge < -0.3 is 10.1 Å². The van der Waals surface area contributed by atoms with Crippen molar-refractivity contribution in [1.82, 2.24) is 0 Å². The number of esters is 1. The van der Waals surface area contributed by atoms with E-state index >= 15 is 0 Å². The van der Waals surface area contributed by atoms with E-state index in [-0.39, 0.29) is 11.1 Å². The quantitative estimate of drug-likeness (QED) is 0.812. The molecule has 1 amide bonds. The molecule has 1 aliphatic rings. The fourth-order valence-corrected chi connectivity index (χ4v) is 4.12. The van der Waals surface area contributed by atoms with E-state index in [9.17, 15) is 18.0 Å². The lowest BCUT2D eigenvalue weighted by atomic mass is 10.0. The summed E-state index contributed by atoms with van der Waals surface area (Å²) in [5, 5.41) is 2.73. The molecule has 0 spiro atoms. The largest absolute Gasteiger partial charge is 0.465 e. The third kappa shape index (κ3) is 3.95. The van der Waals surface area contributed by atoms with Gasteiger partial charge in [0.2, 0.25) is 10.0 Å². The number of amides is 1. The molecule has 0 aromatic heterocycles. The van der Waals surface area contributed by atoms with Gasteiger partial charge in [-0.25, -0.2) is 13.2 Å². The van der Waals surface area contributed by atoms with Gasteiger partial charge in [0.1, 0.15) is 0 Å². The van der Waals surface area contributed by atoms with Crippen LogP contribution in [0, 0.1) is 0 Å². The summed E-state index contributed by atoms with van der Waals surface area (Å²) in [6.45, 7) is 0.411. The van der Waals surface area contributed by atoms with Gasteiger partial charge in [0.25, 0.3) is 5.91 Å². The second kappa shape index (κ2) is 7.40. The van der Waals surface area contributed by atoms with Gasteiger partial charge in [-0.2, -0.15) is 0 Å². The third-order valence-electron chi connectivity index (χ3n) is 4.40. The van der Waals surface area contributed by atoms with Crippen LogP contribution in [-0.4, -0.2) is 40.2 Å². The van der Waals surface area contributed by atoms with Crippen LogP contribution in [0.3, 0.4) is 0 Å². The Morgan fingerprint density at radius 2 is 1.81 bits per heavy atom. The predicted octanol–water partition coefficient (Wildman–Crippen LogP) is 2.44. The molecule has 0 atom stereocenters. The zero-order valence-corrected chi connectivity index (χ0v) is 15.9. The second-order valence-corrected chi connectivity index (χ2v) is 8.18. The molecule has 1 heterocycles. The highest BCUT2D eigenvalue weighted by Crippen LogP contribution is 2.32. The molecule has 1 aliphatic heterocycles. The van der Waals surface area contributed by atoms with Gasteiger partial charge in [-0.1, -0.05) is 18.2 Å². The molecule has 142 valence electrons. The first-order chi connectivity index (χ1) is 12.8. The minimum Gasteiger partial charge on any atom is -0.465 e. The Morgan fingerprint density at radius 1 is 1.11 bits per heavy atom. The van der Waals surface area contributed by atoms with Crippen molar-refractivity contribution in [2.45, 2.75) is 12.8 Å². The number of sulfonamides is 1. The summed E-state index contributed by atoms with van der Waals surface area (Å²) >= 11 is 0. The Morgan fingerprint density at radius 3 is 2.48 bits per heavy atom. The molecule has 8 heteroatoms. The Hall–Kier alpha value is -2.87. The molecular formula is C19H20N2O5S. The molecule has 0 saturated heterocycles. The van der Waals surface area contributed by atoms with Crippen LogP contribution in [0.2, 0.25) is 0 Å². The van der Waals surface area contributed by atoms with Gasteiger partial charge >= 0.3 is 5.97 Å². The number of fused-ring (bicyclic) bond motifs is 1. The fraction of sp³-hybridized carbons (Fsp3) is 0.263. The van der Waals surface area contributed by atoms with Crippen molar-refractivity contribution in [2.24, 2.45) is 0 Å². The van der Waals surface area contributed by atoms with E-state index in [4.69, 9.17) is 4.74 Å². The number of hydrogen-bond acceptors (Lipinski definition) is 5. The van der Waals surface area contributed by atoms with Gasteiger partial charge in [-0.3, -0.25) is 9.10 Å². The number of carbonyl (C=O) groups excluding carboxylic acids is 2. The Balaban J connectivity index is 1.92. The van der Waals surface area contributed by atoms with Crippen molar-refractivity contribution in [3.8, 4) is 0 Å². The monoisotopic (exact) mass is 388 g/mol. The van der Waals surface area contributed by atoms with E-state index in [2.05, 4.69) is 5.32 Å². The molecular weight excluding hydrogens is 368 g/mol. The number of methoxy groups -OCH3 is 1. The molecule has 3 rings (SSSR count). The highest BCUT2D eigenvalue weighted by molar-refractivity contribution is 7.92. The van der Waals surface area contributed by atoms with Crippen molar-refractivity contribution in [3.05, 3.63) is 59.2 Å². The summed E-state index contributed by atoms with van der Waals surface area (Å²) < 4.78 is 30.1. The van der Waals surface area contributed by atoms with E-state index in [0.29, 0.717) is 17.9 Å². The van der Waals surface area contributed by atoms with Gasteiger partial charge in [0.15, 0.2) is 0 Å². The highest BCUT2D eigenvalue weighted by atomic mass is 32.2. The summed E-state index contributed by atoms with van der Waals surface area (Å²) in [6, 6.07) is 11.5. The summed E-state index contributed by atoms with van der Waals surface area (Å²) in [5.41, 5.74) is 2.28. The van der Waals surface area contributed by atoms with E-state index in [1.807, 2.05) is 6.07 Å². The lowest BCUT2D eigenvalue weighted by Crippen LogP contribution is -2.34. The summed E-state index contributed by atoms with van der Waals surface area (Å²) in [7, 11) is -2.15. The highest BCUT2D eigenvalue weighted by Gasteiger charge is 2.25. The Labute approximate surface area is 158 Å². The maximum atomic E-state index is 12.7. The smallest absolute Gasteiger partial charge is 0.338 e. The first kappa shape index (κ1) is 18.9. The van der Waals surface area contributed by atoms with E-state index < -0.39 is 21.9 Å². The normalized spacial score (nSPS) is 13.6. The van der Waals surface area contributed by atoms with Crippen LogP contribution in [0.1, 0.15) is 32.7 Å². The molecule has 27 heavy (non-hydrogen) atoms. The number of aryl methyl sites for hydroxylation is 1. The van der Waals surface area contributed by atoms with Crippen molar-refractivity contribution in [3.63, 3.8) is 0 Å². The maximum absolute atomic E-state index is 12.7. The zero-order chi connectivity index (χ0) is 19.6. The van der Waals surface area contributed by atoms with Crippen molar-refractivity contribution < 1.29 is 22.7 Å². The van der Waals surface area contributed by atoms with Crippen LogP contribution in [-0.2, 0) is 21.2 Å². The number of hydrogen-bond donors (Lipinski definition) is 1. The molecule has 7 nitrogen and oxygen atoms in total. The molecule has 0 bridgehead atoms.